The molecule has 0 unspecified atom stereocenters. The maximum atomic E-state index is 4.05. The fourth-order valence-corrected chi connectivity index (χ4v) is 1.18. The standard InChI is InChI=1S/C10H10N2.ClH/c1-2-7-12(6-1)9-10-4-3-5-11-8-10;/h1-8H,9H2;1H. The van der Waals surface area contributed by atoms with Gasteiger partial charge in [0.2, 0.25) is 0 Å². The van der Waals surface area contributed by atoms with E-state index in [9.17, 15) is 0 Å². The van der Waals surface area contributed by atoms with Gasteiger partial charge in [-0.05, 0) is 23.8 Å². The first-order valence-corrected chi connectivity index (χ1v) is 3.95. The number of halogens is 1. The van der Waals surface area contributed by atoms with Gasteiger partial charge in [-0.1, -0.05) is 6.07 Å². The third-order valence-electron chi connectivity index (χ3n) is 1.75. The van der Waals surface area contributed by atoms with E-state index in [1.54, 1.807) is 6.20 Å². The first-order chi connectivity index (χ1) is 5.95. The van der Waals surface area contributed by atoms with Crippen molar-refractivity contribution in [1.29, 1.82) is 0 Å². The molecule has 2 aromatic rings. The Morgan fingerprint density at radius 3 is 2.54 bits per heavy atom. The van der Waals surface area contributed by atoms with Gasteiger partial charge in [-0.15, -0.1) is 12.4 Å². The lowest BCUT2D eigenvalue weighted by atomic mass is 10.3. The first-order valence-electron chi connectivity index (χ1n) is 3.95. The molecule has 13 heavy (non-hydrogen) atoms. The summed E-state index contributed by atoms with van der Waals surface area (Å²) in [7, 11) is 0. The zero-order chi connectivity index (χ0) is 8.23. The quantitative estimate of drug-likeness (QED) is 0.718. The molecule has 0 amide bonds. The zero-order valence-corrected chi connectivity index (χ0v) is 7.95. The molecular weight excluding hydrogens is 184 g/mol. The molecule has 0 N–H and O–H groups in total. The van der Waals surface area contributed by atoms with E-state index in [0.29, 0.717) is 0 Å². The van der Waals surface area contributed by atoms with Crippen molar-refractivity contribution in [3.8, 4) is 0 Å². The minimum Gasteiger partial charge on any atom is -0.350 e. The number of aromatic nitrogens is 2. The van der Waals surface area contributed by atoms with E-state index in [0.717, 1.165) is 6.54 Å². The van der Waals surface area contributed by atoms with Gasteiger partial charge in [0.15, 0.2) is 0 Å². The largest absolute Gasteiger partial charge is 0.350 e. The third-order valence-corrected chi connectivity index (χ3v) is 1.75. The van der Waals surface area contributed by atoms with Crippen LogP contribution in [0.5, 0.6) is 0 Å². The Kier molecular flexibility index (Phi) is 3.53. The highest BCUT2D eigenvalue weighted by Gasteiger charge is 1.91. The summed E-state index contributed by atoms with van der Waals surface area (Å²) in [6, 6.07) is 8.08. The Hall–Kier alpha value is -1.28. The van der Waals surface area contributed by atoms with E-state index < -0.39 is 0 Å². The lowest BCUT2D eigenvalue weighted by Crippen LogP contribution is -1.95. The molecule has 0 fully saturated rings. The molecule has 0 spiro atoms. The number of nitrogens with zero attached hydrogens (tertiary/aromatic N) is 2. The van der Waals surface area contributed by atoms with Crippen LogP contribution < -0.4 is 0 Å². The second-order valence-corrected chi connectivity index (χ2v) is 2.72. The number of rotatable bonds is 2. The fraction of sp³-hybridized carbons (Fsp3) is 0.100. The average Bonchev–Trinajstić information content (AvgIpc) is 2.59. The molecule has 2 aromatic heterocycles. The van der Waals surface area contributed by atoms with E-state index >= 15 is 0 Å². The smallest absolute Gasteiger partial charge is 0.0485 e. The summed E-state index contributed by atoms with van der Waals surface area (Å²) in [5.41, 5.74) is 1.23. The van der Waals surface area contributed by atoms with Crippen LogP contribution in [0, 0.1) is 0 Å². The van der Waals surface area contributed by atoms with Crippen molar-refractivity contribution in [2.75, 3.05) is 0 Å². The van der Waals surface area contributed by atoms with Crippen LogP contribution in [0.4, 0.5) is 0 Å². The van der Waals surface area contributed by atoms with Gasteiger partial charge in [-0.3, -0.25) is 4.98 Å². The molecule has 0 aromatic carbocycles. The van der Waals surface area contributed by atoms with Crippen molar-refractivity contribution in [3.05, 3.63) is 54.6 Å². The summed E-state index contributed by atoms with van der Waals surface area (Å²) in [5.74, 6) is 0. The van der Waals surface area contributed by atoms with Gasteiger partial charge in [-0.25, -0.2) is 0 Å². The predicted octanol–water partition coefficient (Wildman–Crippen LogP) is 2.35. The number of hydrogen-bond donors (Lipinski definition) is 0. The molecule has 0 aliphatic heterocycles. The maximum Gasteiger partial charge on any atom is 0.0485 e. The maximum absolute atomic E-state index is 4.05. The minimum atomic E-state index is 0. The SMILES string of the molecule is Cl.c1cncc(Cn2cccc2)c1. The van der Waals surface area contributed by atoms with Crippen LogP contribution in [0.2, 0.25) is 0 Å². The van der Waals surface area contributed by atoms with Crippen LogP contribution in [0.15, 0.2) is 49.1 Å². The van der Waals surface area contributed by atoms with Gasteiger partial charge < -0.3 is 4.57 Å². The fourth-order valence-electron chi connectivity index (χ4n) is 1.18. The first kappa shape index (κ1) is 9.81. The normalized spacial score (nSPS) is 9.23. The third kappa shape index (κ3) is 2.60. The molecule has 0 saturated heterocycles. The lowest BCUT2D eigenvalue weighted by molar-refractivity contribution is 0.802. The summed E-state index contributed by atoms with van der Waals surface area (Å²) < 4.78 is 2.12. The van der Waals surface area contributed by atoms with Crippen molar-refractivity contribution >= 4 is 12.4 Å². The number of pyridine rings is 1. The van der Waals surface area contributed by atoms with Crippen molar-refractivity contribution in [3.63, 3.8) is 0 Å². The highest BCUT2D eigenvalue weighted by Crippen LogP contribution is 2.00. The van der Waals surface area contributed by atoms with Gasteiger partial charge in [0.25, 0.3) is 0 Å². The van der Waals surface area contributed by atoms with E-state index in [4.69, 9.17) is 0 Å². The lowest BCUT2D eigenvalue weighted by Gasteiger charge is -2.00. The second kappa shape index (κ2) is 4.67. The van der Waals surface area contributed by atoms with Gasteiger partial charge in [0.05, 0.1) is 0 Å². The van der Waals surface area contributed by atoms with Crippen LogP contribution in [0.3, 0.4) is 0 Å². The molecular formula is C10H11ClN2. The molecule has 2 rings (SSSR count). The van der Waals surface area contributed by atoms with Crippen LogP contribution in [0.1, 0.15) is 5.56 Å². The Bertz CT molecular complexity index is 329. The predicted molar refractivity (Wildman–Crippen MR) is 55.0 cm³/mol. The van der Waals surface area contributed by atoms with Crippen molar-refractivity contribution < 1.29 is 0 Å². The van der Waals surface area contributed by atoms with Crippen molar-refractivity contribution in [2.45, 2.75) is 6.54 Å². The summed E-state index contributed by atoms with van der Waals surface area (Å²) in [6.45, 7) is 0.904. The number of hydrogen-bond acceptors (Lipinski definition) is 1. The monoisotopic (exact) mass is 194 g/mol. The van der Waals surface area contributed by atoms with Gasteiger partial charge >= 0.3 is 0 Å². The molecule has 3 heteroatoms. The second-order valence-electron chi connectivity index (χ2n) is 2.72. The summed E-state index contributed by atoms with van der Waals surface area (Å²) in [6.07, 6.45) is 7.78. The van der Waals surface area contributed by atoms with Crippen LogP contribution in [-0.2, 0) is 6.54 Å². The molecule has 0 saturated carbocycles. The van der Waals surface area contributed by atoms with Crippen LogP contribution in [-0.4, -0.2) is 9.55 Å². The van der Waals surface area contributed by atoms with E-state index in [-0.39, 0.29) is 12.4 Å². The van der Waals surface area contributed by atoms with E-state index in [2.05, 4.69) is 15.6 Å². The molecule has 0 radical (unpaired) electrons. The average molecular weight is 195 g/mol. The Labute approximate surface area is 83.6 Å². The van der Waals surface area contributed by atoms with E-state index in [1.807, 2.05) is 36.8 Å². The Balaban J connectivity index is 0.000000845. The molecule has 68 valence electrons. The highest BCUT2D eigenvalue weighted by molar-refractivity contribution is 5.85. The van der Waals surface area contributed by atoms with Crippen LogP contribution in [0.25, 0.3) is 0 Å². The molecule has 2 nitrogen and oxygen atoms in total. The van der Waals surface area contributed by atoms with Gasteiger partial charge in [0.1, 0.15) is 0 Å². The van der Waals surface area contributed by atoms with Crippen LogP contribution >= 0.6 is 12.4 Å². The molecule has 0 aliphatic rings. The highest BCUT2D eigenvalue weighted by atomic mass is 35.5. The van der Waals surface area contributed by atoms with Crippen molar-refractivity contribution in [2.24, 2.45) is 0 Å². The Morgan fingerprint density at radius 2 is 1.92 bits per heavy atom. The molecule has 0 aliphatic carbocycles. The van der Waals surface area contributed by atoms with Gasteiger partial charge in [-0.2, -0.15) is 0 Å². The molecule has 0 bridgehead atoms. The summed E-state index contributed by atoms with van der Waals surface area (Å²) in [5, 5.41) is 0. The molecule has 0 atom stereocenters. The van der Waals surface area contributed by atoms with E-state index in [1.165, 1.54) is 5.56 Å². The summed E-state index contributed by atoms with van der Waals surface area (Å²) >= 11 is 0. The van der Waals surface area contributed by atoms with Crippen molar-refractivity contribution in [1.82, 2.24) is 9.55 Å². The van der Waals surface area contributed by atoms with Gasteiger partial charge in [0, 0.05) is 31.3 Å². The minimum absolute atomic E-state index is 0. The zero-order valence-electron chi connectivity index (χ0n) is 7.13. The Morgan fingerprint density at radius 1 is 1.15 bits per heavy atom. The summed E-state index contributed by atoms with van der Waals surface area (Å²) in [4.78, 5) is 4.05. The molecule has 2 heterocycles. The topological polar surface area (TPSA) is 17.8 Å².